The molecule has 4 heavy (non-hydrogen) atoms. The summed E-state index contributed by atoms with van der Waals surface area (Å²) in [5.41, 5.74) is 0. The van der Waals surface area contributed by atoms with Crippen LogP contribution in [0.15, 0.2) is 0 Å². The van der Waals surface area contributed by atoms with Gasteiger partial charge in [0.25, 0.3) is 0 Å². The highest BCUT2D eigenvalue weighted by molar-refractivity contribution is 6.92. The number of hydrogen-bond donors (Lipinski definition) is 0. The van der Waals surface area contributed by atoms with Crippen molar-refractivity contribution in [2.24, 2.45) is 0 Å². The molecular weight excluding hydrogens is 99.9 g/mol. The van der Waals surface area contributed by atoms with E-state index in [-0.39, 0.29) is 29.2 Å². The fourth-order valence-corrected chi connectivity index (χ4v) is 0. The van der Waals surface area contributed by atoms with Gasteiger partial charge in [0.15, 0.2) is 0 Å². The molecule has 0 aliphatic carbocycles. The molecule has 0 rings (SSSR count). The van der Waals surface area contributed by atoms with E-state index in [4.69, 9.17) is 0 Å². The molecule has 0 aromatic heterocycles. The van der Waals surface area contributed by atoms with E-state index >= 15 is 0 Å². The molecule has 0 bridgehead atoms. The summed E-state index contributed by atoms with van der Waals surface area (Å²) in [6.07, 6.45) is 0. The Kier molecular flexibility index (Phi) is 1670. The number of hydrogen-bond acceptors (Lipinski definition) is 0. The summed E-state index contributed by atoms with van der Waals surface area (Å²) in [5, 5.41) is 0. The first kappa shape index (κ1) is 126. The van der Waals surface area contributed by atoms with Gasteiger partial charge >= 0.3 is 0 Å². The summed E-state index contributed by atoms with van der Waals surface area (Å²) in [4.78, 5) is 0. The SMILES string of the molecule is F.F.P.P. The van der Waals surface area contributed by atoms with Crippen molar-refractivity contribution in [1.29, 1.82) is 0 Å². The third kappa shape index (κ3) is 15.5. The van der Waals surface area contributed by atoms with Crippen LogP contribution in [-0.4, -0.2) is 0 Å². The fraction of sp³-hybridized carbons (Fsp3) is 0. The summed E-state index contributed by atoms with van der Waals surface area (Å²) < 4.78 is 0. The predicted molar refractivity (Wildman–Crippen MR) is 27.2 cm³/mol. The van der Waals surface area contributed by atoms with Gasteiger partial charge in [0.05, 0.1) is 0 Å². The van der Waals surface area contributed by atoms with E-state index in [1.807, 2.05) is 0 Å². The molecule has 0 nitrogen and oxygen atoms in total. The van der Waals surface area contributed by atoms with Crippen LogP contribution in [-0.2, 0) is 0 Å². The molecule has 0 aromatic carbocycles. The smallest absolute Gasteiger partial charge is 0.153 e. The minimum Gasteiger partial charge on any atom is -0.269 e. The molecule has 0 spiro atoms. The van der Waals surface area contributed by atoms with Crippen molar-refractivity contribution in [3.05, 3.63) is 0 Å². The van der Waals surface area contributed by atoms with Crippen molar-refractivity contribution < 1.29 is 9.41 Å². The van der Waals surface area contributed by atoms with Gasteiger partial charge in [-0.05, 0) is 0 Å². The molecule has 32 valence electrons. The molecule has 0 saturated heterocycles. The third-order valence-electron chi connectivity index (χ3n) is 0. The number of rotatable bonds is 0. The quantitative estimate of drug-likeness (QED) is 0.394. The van der Waals surface area contributed by atoms with Gasteiger partial charge < -0.3 is 0 Å². The Labute approximate surface area is 30.3 Å². The number of halogens is 2. The highest BCUT2D eigenvalue weighted by Gasteiger charge is -0.152. The van der Waals surface area contributed by atoms with Crippen molar-refractivity contribution in [2.45, 2.75) is 0 Å². The Hall–Kier alpha value is 0.720. The molecule has 4 heteroatoms. The summed E-state index contributed by atoms with van der Waals surface area (Å²) in [6, 6.07) is 0. The van der Waals surface area contributed by atoms with E-state index in [0.717, 1.165) is 0 Å². The predicted octanol–water partition coefficient (Wildman–Crippen LogP) is 0.421. The highest BCUT2D eigenvalue weighted by atomic mass is 31.0. The zero-order chi connectivity index (χ0) is 0. The van der Waals surface area contributed by atoms with Crippen LogP contribution in [0.25, 0.3) is 0 Å². The van der Waals surface area contributed by atoms with Crippen LogP contribution in [0.3, 0.4) is 0 Å². The van der Waals surface area contributed by atoms with Gasteiger partial charge in [0.1, 0.15) is 0 Å². The fourth-order valence-electron chi connectivity index (χ4n) is 0. The average Bonchev–Trinajstić information content (AvgIpc) is 0. The van der Waals surface area contributed by atoms with Gasteiger partial charge in [-0.1, -0.05) is 0 Å². The van der Waals surface area contributed by atoms with Crippen LogP contribution in [0.2, 0.25) is 0 Å². The second-order valence-corrected chi connectivity index (χ2v) is 0. The first-order chi connectivity index (χ1) is 0. The highest BCUT2D eigenvalue weighted by Crippen LogP contribution is 0.862. The molecule has 0 aliphatic rings. The van der Waals surface area contributed by atoms with Crippen molar-refractivity contribution in [2.75, 3.05) is 0 Å². The molecule has 0 heterocycles. The third-order valence-corrected chi connectivity index (χ3v) is 0. The molecule has 0 aromatic rings. The lowest BCUT2D eigenvalue weighted by Gasteiger charge is -0.270. The van der Waals surface area contributed by atoms with Crippen LogP contribution in [0.1, 0.15) is 0 Å². The monoisotopic (exact) mass is 108 g/mol. The second kappa shape index (κ2) is 53.1. The summed E-state index contributed by atoms with van der Waals surface area (Å²) in [7, 11) is 0. The lowest BCUT2D eigenvalue weighted by molar-refractivity contribution is 1.11. The topological polar surface area (TPSA) is 0 Å². The normalized spacial score (nSPS) is 0. The molecule has 2 unspecified atom stereocenters. The van der Waals surface area contributed by atoms with Crippen LogP contribution in [0.4, 0.5) is 9.41 Å². The van der Waals surface area contributed by atoms with Crippen molar-refractivity contribution in [3.63, 3.8) is 0 Å². The first-order valence-electron chi connectivity index (χ1n) is 0. The molecule has 0 radical (unpaired) electrons. The summed E-state index contributed by atoms with van der Waals surface area (Å²) in [5.74, 6) is 0. The first-order valence-corrected chi connectivity index (χ1v) is 0. The Morgan fingerprint density at radius 1 is 0.500 bits per heavy atom. The Morgan fingerprint density at radius 3 is 0.500 bits per heavy atom. The maximum atomic E-state index is 0. The van der Waals surface area contributed by atoms with Gasteiger partial charge in [-0.3, -0.25) is 9.41 Å². The minimum atomic E-state index is 0. The molecule has 2 atom stereocenters. The molecule has 0 saturated carbocycles. The van der Waals surface area contributed by atoms with Crippen LogP contribution in [0, 0.1) is 0 Å². The minimum absolute atomic E-state index is 0. The van der Waals surface area contributed by atoms with Gasteiger partial charge in [-0.25, -0.2) is 0 Å². The van der Waals surface area contributed by atoms with Crippen LogP contribution in [0.5, 0.6) is 0 Å². The molecule has 0 fully saturated rings. The van der Waals surface area contributed by atoms with Crippen molar-refractivity contribution in [3.8, 4) is 0 Å². The Bertz CT molecular complexity index is 4.00. The van der Waals surface area contributed by atoms with Crippen molar-refractivity contribution in [1.82, 2.24) is 0 Å². The van der Waals surface area contributed by atoms with E-state index in [0.29, 0.717) is 0 Å². The van der Waals surface area contributed by atoms with E-state index < -0.39 is 0 Å². The molecule has 0 N–H and O–H groups in total. The zero-order valence-electron chi connectivity index (χ0n) is 2.23. The van der Waals surface area contributed by atoms with E-state index in [1.54, 1.807) is 0 Å². The van der Waals surface area contributed by atoms with Gasteiger partial charge in [0.2, 0.25) is 0 Å². The molecule has 0 amide bonds. The maximum Gasteiger partial charge on any atom is -0.153 e. The van der Waals surface area contributed by atoms with Gasteiger partial charge in [-0.15, -0.1) is 0 Å². The van der Waals surface area contributed by atoms with Crippen molar-refractivity contribution >= 4 is 19.8 Å². The standard InChI is InChI=1S/2FH.2H3P/h2*1H;2*1H3. The largest absolute Gasteiger partial charge is 0.269 e. The van der Waals surface area contributed by atoms with E-state index in [2.05, 4.69) is 0 Å². The van der Waals surface area contributed by atoms with Crippen LogP contribution >= 0.6 is 19.8 Å². The summed E-state index contributed by atoms with van der Waals surface area (Å²) >= 11 is 0. The molecular formula is H8F2P2. The Balaban J connectivity index is 0. The summed E-state index contributed by atoms with van der Waals surface area (Å²) in [6.45, 7) is 0. The lowest BCUT2D eigenvalue weighted by Crippen LogP contribution is 0.419. The maximum absolute atomic E-state index is 0. The second-order valence-electron chi connectivity index (χ2n) is 0. The molecule has 0 aliphatic heterocycles. The lowest BCUT2D eigenvalue weighted by atomic mass is 19.0. The zero-order valence-corrected chi connectivity index (χ0v) is 5.06. The van der Waals surface area contributed by atoms with E-state index in [9.17, 15) is 0 Å². The van der Waals surface area contributed by atoms with Gasteiger partial charge in [0, 0.05) is 0 Å². The van der Waals surface area contributed by atoms with E-state index in [1.165, 1.54) is 0 Å². The van der Waals surface area contributed by atoms with Crippen LogP contribution < -0.4 is 0 Å². The van der Waals surface area contributed by atoms with Gasteiger partial charge in [-0.2, -0.15) is 19.8 Å². The Morgan fingerprint density at radius 2 is 0.500 bits per heavy atom. The average molecular weight is 108 g/mol.